The Bertz CT molecular complexity index is 1710. The first-order chi connectivity index (χ1) is 19.6. The Morgan fingerprint density at radius 2 is 1.83 bits per heavy atom. The van der Waals surface area contributed by atoms with Gasteiger partial charge in [0.25, 0.3) is 11.5 Å². The van der Waals surface area contributed by atoms with Gasteiger partial charge in [-0.1, -0.05) is 48.9 Å². The highest BCUT2D eigenvalue weighted by Gasteiger charge is 2.66. The second-order valence-electron chi connectivity index (χ2n) is 11.5. The highest BCUT2D eigenvalue weighted by molar-refractivity contribution is 6.72. The van der Waals surface area contributed by atoms with Gasteiger partial charge < -0.3 is 18.9 Å². The smallest absolute Gasteiger partial charge is 0.279 e. The highest BCUT2D eigenvalue weighted by atomic mass is 35.5. The molecule has 1 amide bonds. The van der Waals surface area contributed by atoms with Crippen molar-refractivity contribution in [1.82, 2.24) is 9.78 Å². The van der Waals surface area contributed by atoms with Gasteiger partial charge in [-0.3, -0.25) is 9.59 Å². The summed E-state index contributed by atoms with van der Waals surface area (Å²) in [5.74, 6) is -0.712. The predicted octanol–water partition coefficient (Wildman–Crippen LogP) is 5.74. The van der Waals surface area contributed by atoms with E-state index >= 15 is 4.11 Å². The molecule has 0 unspecified atom stereocenters. The molecule has 3 aromatic carbocycles. The molecule has 6 rings (SSSR count). The van der Waals surface area contributed by atoms with Crippen LogP contribution in [0.4, 0.5) is 9.80 Å². The minimum absolute atomic E-state index is 0.156. The van der Waals surface area contributed by atoms with Crippen molar-refractivity contribution in [3.63, 3.8) is 0 Å². The second kappa shape index (κ2) is 10.2. The number of ether oxygens (including phenoxy) is 1. The third-order valence-electron chi connectivity index (χ3n) is 8.55. The Morgan fingerprint density at radius 3 is 2.54 bits per heavy atom. The van der Waals surface area contributed by atoms with E-state index in [1.54, 1.807) is 60.6 Å². The number of benzene rings is 3. The minimum Gasteiger partial charge on any atom is -0.396 e. The topological polar surface area (TPSA) is 84.7 Å². The Labute approximate surface area is 243 Å². The van der Waals surface area contributed by atoms with Crippen LogP contribution in [0.2, 0.25) is 23.7 Å². The summed E-state index contributed by atoms with van der Waals surface area (Å²) in [6, 6.07) is 19.9. The molecule has 1 saturated heterocycles. The van der Waals surface area contributed by atoms with E-state index in [1.807, 2.05) is 37.3 Å². The van der Waals surface area contributed by atoms with E-state index < -0.39 is 31.6 Å². The molecular weight excluding hydrogens is 561 g/mol. The zero-order valence-electron chi connectivity index (χ0n) is 23.1. The summed E-state index contributed by atoms with van der Waals surface area (Å²) in [4.78, 5) is 29.0. The molecule has 3 heterocycles. The van der Waals surface area contributed by atoms with Crippen LogP contribution in [0.15, 0.2) is 77.7 Å². The molecule has 0 saturated carbocycles. The largest absolute Gasteiger partial charge is 0.396 e. The van der Waals surface area contributed by atoms with Crippen LogP contribution in [0.3, 0.4) is 0 Å². The number of aliphatic hydroxyl groups excluding tert-OH is 1. The summed E-state index contributed by atoms with van der Waals surface area (Å²) < 4.78 is 23.6. The lowest BCUT2D eigenvalue weighted by Crippen LogP contribution is -2.45. The lowest BCUT2D eigenvalue weighted by molar-refractivity contribution is -0.146. The first kappa shape index (κ1) is 27.8. The predicted molar refractivity (Wildman–Crippen MR) is 160 cm³/mol. The molecule has 2 aliphatic rings. The number of fused-ring (bicyclic) bond motifs is 3. The molecule has 1 spiro atoms. The molecule has 10 heteroatoms. The molecule has 4 atom stereocenters. The maximum atomic E-state index is 15.7. The normalized spacial score (nSPS) is 24.0. The number of aromatic nitrogens is 2. The second-order valence-corrected chi connectivity index (χ2v) is 15.7. The number of amides is 1. The lowest BCUT2D eigenvalue weighted by atomic mass is 9.82. The number of aliphatic hydroxyl groups is 1. The van der Waals surface area contributed by atoms with Crippen molar-refractivity contribution in [2.24, 2.45) is 5.92 Å². The van der Waals surface area contributed by atoms with E-state index in [4.69, 9.17) is 16.3 Å². The summed E-state index contributed by atoms with van der Waals surface area (Å²) in [5.41, 5.74) is 0.680. The lowest BCUT2D eigenvalue weighted by Gasteiger charge is -2.31. The van der Waals surface area contributed by atoms with Crippen molar-refractivity contribution in [3.05, 3.63) is 99.4 Å². The fourth-order valence-electron chi connectivity index (χ4n) is 6.77. The summed E-state index contributed by atoms with van der Waals surface area (Å²) in [7, 11) is -3.28. The van der Waals surface area contributed by atoms with Gasteiger partial charge in [0.05, 0.1) is 35.6 Å². The van der Waals surface area contributed by atoms with Crippen LogP contribution in [0.25, 0.3) is 16.5 Å². The molecule has 0 aliphatic carbocycles. The number of nitrogens with zero attached hydrogens (tertiary/aromatic N) is 3. The van der Waals surface area contributed by atoms with Gasteiger partial charge in [-0.25, -0.2) is 0 Å². The van der Waals surface area contributed by atoms with E-state index in [9.17, 15) is 14.7 Å². The van der Waals surface area contributed by atoms with E-state index in [0.29, 0.717) is 27.3 Å². The Kier molecular flexibility index (Phi) is 6.89. The SMILES string of the molecule is C[C@H]1[C@H]([Si](C)(C)F)[C@@H](CCO)O[C@]12C(=O)N(Cc1ccc(-n3ncc4ccccc4c3=O)cc1)c1ccc(Cl)cc12. The molecule has 41 heavy (non-hydrogen) atoms. The maximum absolute atomic E-state index is 15.7. The molecule has 2 aliphatic heterocycles. The van der Waals surface area contributed by atoms with E-state index in [2.05, 4.69) is 5.10 Å². The molecule has 0 bridgehead atoms. The van der Waals surface area contributed by atoms with Crippen molar-refractivity contribution in [2.45, 2.75) is 50.2 Å². The van der Waals surface area contributed by atoms with Gasteiger partial charge in [0.2, 0.25) is 8.41 Å². The Hall–Kier alpha value is -3.37. The maximum Gasteiger partial charge on any atom is 0.279 e. The minimum atomic E-state index is -3.28. The third-order valence-corrected chi connectivity index (χ3v) is 11.2. The summed E-state index contributed by atoms with van der Waals surface area (Å²) in [6.45, 7) is 5.24. The number of hydrogen-bond acceptors (Lipinski definition) is 5. The van der Waals surface area contributed by atoms with Crippen molar-refractivity contribution in [2.75, 3.05) is 11.5 Å². The number of hydrogen-bond donors (Lipinski definition) is 1. The van der Waals surface area contributed by atoms with Crippen LogP contribution in [-0.4, -0.2) is 41.9 Å². The van der Waals surface area contributed by atoms with Crippen LogP contribution in [0, 0.1) is 5.92 Å². The zero-order chi connectivity index (χ0) is 29.1. The first-order valence-electron chi connectivity index (χ1n) is 13.7. The molecule has 4 aromatic rings. The molecule has 0 radical (unpaired) electrons. The van der Waals surface area contributed by atoms with E-state index in [1.165, 1.54) is 4.68 Å². The van der Waals surface area contributed by atoms with Crippen LogP contribution < -0.4 is 10.5 Å². The summed E-state index contributed by atoms with van der Waals surface area (Å²) in [6.07, 6.45) is 1.34. The monoisotopic (exact) mass is 591 g/mol. The quantitative estimate of drug-likeness (QED) is 0.228. The van der Waals surface area contributed by atoms with Crippen LogP contribution >= 0.6 is 11.6 Å². The Balaban J connectivity index is 1.35. The number of rotatable bonds is 6. The third kappa shape index (κ3) is 4.42. The zero-order valence-corrected chi connectivity index (χ0v) is 24.8. The van der Waals surface area contributed by atoms with Gasteiger partial charge in [0.15, 0.2) is 5.60 Å². The van der Waals surface area contributed by atoms with Crippen molar-refractivity contribution in [3.8, 4) is 5.69 Å². The Morgan fingerprint density at radius 1 is 1.10 bits per heavy atom. The highest BCUT2D eigenvalue weighted by Crippen LogP contribution is 2.60. The molecule has 1 N–H and O–H groups in total. The standard InChI is InChI=1S/C31H31ClFN3O4Si/c1-19-28(41(2,3)33)27(14-15-37)40-31(19)25-16-22(32)10-13-26(25)35(30(31)39)18-20-8-11-23(12-9-20)36-29(38)24-7-5-4-6-21(24)17-34-36/h4-13,16-17,19,27-28,37H,14-15,18H2,1-3H3/t19-,27+,28-,31+/m0/s1. The average Bonchev–Trinajstić information content (AvgIpc) is 3.36. The number of carbonyl (C=O) groups excluding carboxylic acids is 1. The number of anilines is 1. The van der Waals surface area contributed by atoms with Gasteiger partial charge in [-0.05, 0) is 61.5 Å². The average molecular weight is 592 g/mol. The van der Waals surface area contributed by atoms with Gasteiger partial charge in [-0.2, -0.15) is 9.78 Å². The summed E-state index contributed by atoms with van der Waals surface area (Å²) in [5, 5.41) is 15.9. The number of carbonyl (C=O) groups is 1. The summed E-state index contributed by atoms with van der Waals surface area (Å²) >= 11 is 6.41. The first-order valence-corrected chi connectivity index (χ1v) is 17.1. The fourth-order valence-corrected chi connectivity index (χ4v) is 9.49. The van der Waals surface area contributed by atoms with Gasteiger partial charge in [-0.15, -0.1) is 0 Å². The fraction of sp³-hybridized carbons (Fsp3) is 0.323. The molecule has 1 aromatic heterocycles. The van der Waals surface area contributed by atoms with E-state index in [-0.39, 0.29) is 31.0 Å². The van der Waals surface area contributed by atoms with Gasteiger partial charge in [0, 0.05) is 34.0 Å². The van der Waals surface area contributed by atoms with Crippen LogP contribution in [0.1, 0.15) is 24.5 Å². The van der Waals surface area contributed by atoms with Crippen molar-refractivity contribution in [1.29, 1.82) is 0 Å². The van der Waals surface area contributed by atoms with Crippen LogP contribution in [-0.2, 0) is 21.7 Å². The van der Waals surface area contributed by atoms with Gasteiger partial charge >= 0.3 is 0 Å². The van der Waals surface area contributed by atoms with Gasteiger partial charge in [0.1, 0.15) is 0 Å². The molecular formula is C31H31ClFN3O4Si. The van der Waals surface area contributed by atoms with Crippen molar-refractivity contribution < 1.29 is 18.7 Å². The molecule has 212 valence electrons. The number of halogens is 2. The molecule has 1 fully saturated rings. The van der Waals surface area contributed by atoms with E-state index in [0.717, 1.165) is 10.9 Å². The van der Waals surface area contributed by atoms with Crippen molar-refractivity contribution >= 4 is 42.4 Å². The van der Waals surface area contributed by atoms with Crippen LogP contribution in [0.5, 0.6) is 0 Å². The molecule has 7 nitrogen and oxygen atoms in total.